The maximum atomic E-state index is 6.26. The van der Waals surface area contributed by atoms with Crippen LogP contribution < -0.4 is 5.73 Å². The lowest BCUT2D eigenvalue weighted by atomic mass is 10.0. The van der Waals surface area contributed by atoms with Crippen LogP contribution in [0.3, 0.4) is 0 Å². The van der Waals surface area contributed by atoms with Crippen LogP contribution in [0.25, 0.3) is 0 Å². The molecule has 0 aliphatic carbocycles. The van der Waals surface area contributed by atoms with Gasteiger partial charge in [0.1, 0.15) is 5.82 Å². The van der Waals surface area contributed by atoms with Crippen molar-refractivity contribution < 1.29 is 0 Å². The van der Waals surface area contributed by atoms with Gasteiger partial charge < -0.3 is 5.73 Å². The Morgan fingerprint density at radius 1 is 1.26 bits per heavy atom. The fourth-order valence-electron chi connectivity index (χ4n) is 1.86. The number of aryl methyl sites for hydroxylation is 2. The van der Waals surface area contributed by atoms with E-state index in [9.17, 15) is 0 Å². The van der Waals surface area contributed by atoms with E-state index in [-0.39, 0.29) is 11.3 Å². The van der Waals surface area contributed by atoms with E-state index in [4.69, 9.17) is 5.73 Å². The molecule has 5 heteroatoms. The van der Waals surface area contributed by atoms with Crippen molar-refractivity contribution >= 4 is 11.8 Å². The van der Waals surface area contributed by atoms with Crippen LogP contribution in [0.4, 0.5) is 0 Å². The Bertz CT molecular complexity index is 520. The fourth-order valence-corrected chi connectivity index (χ4v) is 3.04. The second-order valence-corrected chi connectivity index (χ2v) is 5.83. The lowest BCUT2D eigenvalue weighted by Gasteiger charge is -2.21. The van der Waals surface area contributed by atoms with Crippen molar-refractivity contribution in [2.75, 3.05) is 0 Å². The van der Waals surface area contributed by atoms with Crippen LogP contribution in [-0.2, 0) is 0 Å². The lowest BCUT2D eigenvalue weighted by molar-refractivity contribution is 0.632. The second-order valence-electron chi connectivity index (χ2n) is 4.72. The molecule has 1 aromatic heterocycles. The number of hydrogen-bond donors (Lipinski definition) is 2. The van der Waals surface area contributed by atoms with Gasteiger partial charge in [0.05, 0.1) is 5.25 Å². The smallest absolute Gasteiger partial charge is 0.209 e. The average Bonchev–Trinajstić information content (AvgIpc) is 2.82. The number of benzene rings is 1. The summed E-state index contributed by atoms with van der Waals surface area (Å²) in [5.74, 6) is 0.829. The molecule has 0 saturated carbocycles. The standard InChI is InChI=1S/C14H20N4S/c1-4-12(15)13(11-7-5-9(2)6-8-11)19-14-16-10(3)17-18-14/h5-8,12-13H,4,15H2,1-3H3,(H,16,17,18). The Labute approximate surface area is 118 Å². The number of aromatic amines is 1. The van der Waals surface area contributed by atoms with Gasteiger partial charge in [-0.05, 0) is 25.8 Å². The zero-order valence-electron chi connectivity index (χ0n) is 11.6. The van der Waals surface area contributed by atoms with Gasteiger partial charge in [-0.15, -0.1) is 5.10 Å². The van der Waals surface area contributed by atoms with Gasteiger partial charge in [0, 0.05) is 6.04 Å². The normalized spacial score (nSPS) is 14.3. The summed E-state index contributed by atoms with van der Waals surface area (Å²) in [4.78, 5) is 4.35. The molecule has 0 radical (unpaired) electrons. The summed E-state index contributed by atoms with van der Waals surface area (Å²) >= 11 is 1.62. The Hall–Kier alpha value is -1.33. The van der Waals surface area contributed by atoms with E-state index >= 15 is 0 Å². The minimum atomic E-state index is 0.0894. The summed E-state index contributed by atoms with van der Waals surface area (Å²) < 4.78 is 0. The molecule has 0 spiro atoms. The highest BCUT2D eigenvalue weighted by Crippen LogP contribution is 2.36. The highest BCUT2D eigenvalue weighted by molar-refractivity contribution is 7.99. The van der Waals surface area contributed by atoms with Crippen LogP contribution in [0, 0.1) is 13.8 Å². The molecule has 102 valence electrons. The van der Waals surface area contributed by atoms with Crippen LogP contribution in [0.2, 0.25) is 0 Å². The van der Waals surface area contributed by atoms with Crippen LogP contribution in [0.5, 0.6) is 0 Å². The highest BCUT2D eigenvalue weighted by atomic mass is 32.2. The molecule has 3 N–H and O–H groups in total. The SMILES string of the molecule is CCC(N)C(Sc1n[nH]c(C)n1)c1ccc(C)cc1. The Morgan fingerprint density at radius 2 is 1.95 bits per heavy atom. The first kappa shape index (κ1) is 14.1. The van der Waals surface area contributed by atoms with E-state index in [1.54, 1.807) is 11.8 Å². The first-order chi connectivity index (χ1) is 9.10. The van der Waals surface area contributed by atoms with E-state index in [2.05, 4.69) is 53.3 Å². The molecule has 0 saturated heterocycles. The molecule has 1 aromatic carbocycles. The number of nitrogens with two attached hydrogens (primary N) is 1. The molecule has 2 rings (SSSR count). The van der Waals surface area contributed by atoms with Crippen LogP contribution in [0.1, 0.15) is 35.5 Å². The fraction of sp³-hybridized carbons (Fsp3) is 0.429. The molecule has 0 bridgehead atoms. The number of rotatable bonds is 5. The molecule has 0 aliphatic rings. The predicted octanol–water partition coefficient (Wildman–Crippen LogP) is 2.99. The molecule has 1 heterocycles. The minimum Gasteiger partial charge on any atom is -0.326 e. The Balaban J connectivity index is 2.23. The molecule has 0 fully saturated rings. The number of nitrogens with one attached hydrogen (secondary N) is 1. The lowest BCUT2D eigenvalue weighted by Crippen LogP contribution is -2.25. The predicted molar refractivity (Wildman–Crippen MR) is 79.2 cm³/mol. The monoisotopic (exact) mass is 276 g/mol. The number of H-pyrrole nitrogens is 1. The number of hydrogen-bond acceptors (Lipinski definition) is 4. The van der Waals surface area contributed by atoms with E-state index in [1.165, 1.54) is 11.1 Å². The first-order valence-corrected chi connectivity index (χ1v) is 7.36. The van der Waals surface area contributed by atoms with Crippen molar-refractivity contribution in [3.63, 3.8) is 0 Å². The van der Waals surface area contributed by atoms with Crippen molar-refractivity contribution in [3.05, 3.63) is 41.2 Å². The Morgan fingerprint density at radius 3 is 2.47 bits per heavy atom. The van der Waals surface area contributed by atoms with Gasteiger partial charge in [-0.2, -0.15) is 0 Å². The third-order valence-corrected chi connectivity index (χ3v) is 4.34. The largest absolute Gasteiger partial charge is 0.326 e. The molecule has 19 heavy (non-hydrogen) atoms. The van der Waals surface area contributed by atoms with Crippen molar-refractivity contribution in [2.24, 2.45) is 5.73 Å². The molecule has 2 unspecified atom stereocenters. The van der Waals surface area contributed by atoms with Crippen molar-refractivity contribution in [3.8, 4) is 0 Å². The molecule has 2 atom stereocenters. The maximum absolute atomic E-state index is 6.26. The third-order valence-electron chi connectivity index (χ3n) is 3.08. The van der Waals surface area contributed by atoms with Crippen molar-refractivity contribution in [2.45, 2.75) is 43.6 Å². The van der Waals surface area contributed by atoms with Crippen LogP contribution in [-0.4, -0.2) is 21.2 Å². The second kappa shape index (κ2) is 6.21. The van der Waals surface area contributed by atoms with Crippen molar-refractivity contribution in [1.82, 2.24) is 15.2 Å². The number of aromatic nitrogens is 3. The van der Waals surface area contributed by atoms with E-state index in [0.29, 0.717) is 0 Å². The van der Waals surface area contributed by atoms with Gasteiger partial charge >= 0.3 is 0 Å². The van der Waals surface area contributed by atoms with Gasteiger partial charge in [0.25, 0.3) is 0 Å². The summed E-state index contributed by atoms with van der Waals surface area (Å²) in [6.07, 6.45) is 0.926. The van der Waals surface area contributed by atoms with Crippen LogP contribution >= 0.6 is 11.8 Å². The van der Waals surface area contributed by atoms with Gasteiger partial charge in [-0.1, -0.05) is 48.5 Å². The van der Waals surface area contributed by atoms with Crippen LogP contribution in [0.15, 0.2) is 29.4 Å². The zero-order chi connectivity index (χ0) is 13.8. The quantitative estimate of drug-likeness (QED) is 0.824. The molecule has 0 amide bonds. The first-order valence-electron chi connectivity index (χ1n) is 6.48. The number of thioether (sulfide) groups is 1. The molecule has 0 aliphatic heterocycles. The maximum Gasteiger partial charge on any atom is 0.209 e. The number of nitrogens with zero attached hydrogens (tertiary/aromatic N) is 2. The van der Waals surface area contributed by atoms with Crippen molar-refractivity contribution in [1.29, 1.82) is 0 Å². The summed E-state index contributed by atoms with van der Waals surface area (Å²) in [5.41, 5.74) is 8.74. The van der Waals surface area contributed by atoms with E-state index in [1.807, 2.05) is 6.92 Å². The molecule has 4 nitrogen and oxygen atoms in total. The van der Waals surface area contributed by atoms with E-state index in [0.717, 1.165) is 17.4 Å². The van der Waals surface area contributed by atoms with E-state index < -0.39 is 0 Å². The zero-order valence-corrected chi connectivity index (χ0v) is 12.4. The summed E-state index contributed by atoms with van der Waals surface area (Å²) in [7, 11) is 0. The molecular weight excluding hydrogens is 256 g/mol. The highest BCUT2D eigenvalue weighted by Gasteiger charge is 2.21. The van der Waals surface area contributed by atoms with Gasteiger partial charge in [0.15, 0.2) is 0 Å². The third kappa shape index (κ3) is 3.58. The molecule has 2 aromatic rings. The van der Waals surface area contributed by atoms with Gasteiger partial charge in [-0.3, -0.25) is 5.10 Å². The average molecular weight is 276 g/mol. The summed E-state index contributed by atoms with van der Waals surface area (Å²) in [6.45, 7) is 6.09. The van der Waals surface area contributed by atoms with Gasteiger partial charge in [-0.25, -0.2) is 4.98 Å². The minimum absolute atomic E-state index is 0.0894. The summed E-state index contributed by atoms with van der Waals surface area (Å²) in [6, 6.07) is 8.61. The topological polar surface area (TPSA) is 67.6 Å². The van der Waals surface area contributed by atoms with Gasteiger partial charge in [0.2, 0.25) is 5.16 Å². The summed E-state index contributed by atoms with van der Waals surface area (Å²) in [5, 5.41) is 7.99. The Kier molecular flexibility index (Phi) is 4.61. The molecular formula is C14H20N4S.